The molecule has 0 bridgehead atoms. The Hall–Kier alpha value is -3.15. The number of hydrogen-bond acceptors (Lipinski definition) is 5. The number of ether oxygens (including phenoxy) is 1. The minimum Gasteiger partial charge on any atom is -0.483 e. The average Bonchev–Trinajstić information content (AvgIpc) is 3.09. The zero-order valence-corrected chi connectivity index (χ0v) is 15.9. The Morgan fingerprint density at radius 1 is 1.11 bits per heavy atom. The van der Waals surface area contributed by atoms with Crippen molar-refractivity contribution >= 4 is 5.91 Å². The van der Waals surface area contributed by atoms with Gasteiger partial charge in [0.1, 0.15) is 5.75 Å². The maximum absolute atomic E-state index is 12.0. The zero-order valence-electron chi connectivity index (χ0n) is 15.9. The molecule has 140 valence electrons. The van der Waals surface area contributed by atoms with Crippen LogP contribution in [-0.4, -0.2) is 28.2 Å². The predicted molar refractivity (Wildman–Crippen MR) is 103 cm³/mol. The second-order valence-electron chi connectivity index (χ2n) is 7.37. The summed E-state index contributed by atoms with van der Waals surface area (Å²) < 4.78 is 11.1. The second-order valence-corrected chi connectivity index (χ2v) is 7.37. The van der Waals surface area contributed by atoms with E-state index < -0.39 is 0 Å². The number of amides is 1. The fraction of sp³-hybridized carbons (Fsp3) is 0.286. The average molecular weight is 365 g/mol. The highest BCUT2D eigenvalue weighted by atomic mass is 16.5. The summed E-state index contributed by atoms with van der Waals surface area (Å²) in [6.07, 6.45) is 0. The summed E-state index contributed by atoms with van der Waals surface area (Å²) in [5.41, 5.74) is 2.37. The van der Waals surface area contributed by atoms with Gasteiger partial charge in [0.05, 0.1) is 5.56 Å². The van der Waals surface area contributed by atoms with Crippen LogP contribution in [0.4, 0.5) is 0 Å². The van der Waals surface area contributed by atoms with Gasteiger partial charge in [-0.1, -0.05) is 47.1 Å². The Morgan fingerprint density at radius 3 is 2.52 bits per heavy atom. The van der Waals surface area contributed by atoms with E-state index >= 15 is 0 Å². The molecule has 3 aromatic rings. The SMILES string of the molecule is Cc1ccc(-c2noc(-c3ccccc3OCC(=O)NC(C)(C)C)n2)cc1. The third kappa shape index (κ3) is 4.94. The van der Waals surface area contributed by atoms with Crippen LogP contribution in [0.25, 0.3) is 22.8 Å². The minimum atomic E-state index is -0.310. The molecule has 0 aliphatic heterocycles. The lowest BCUT2D eigenvalue weighted by Crippen LogP contribution is -2.43. The number of aromatic nitrogens is 2. The molecule has 1 aromatic heterocycles. The van der Waals surface area contributed by atoms with Crippen LogP contribution >= 0.6 is 0 Å². The molecule has 27 heavy (non-hydrogen) atoms. The first-order valence-electron chi connectivity index (χ1n) is 8.76. The number of rotatable bonds is 5. The van der Waals surface area contributed by atoms with Crippen molar-refractivity contribution in [3.63, 3.8) is 0 Å². The maximum atomic E-state index is 12.0. The Morgan fingerprint density at radius 2 is 1.81 bits per heavy atom. The molecule has 0 aliphatic carbocycles. The summed E-state index contributed by atoms with van der Waals surface area (Å²) >= 11 is 0. The van der Waals surface area contributed by atoms with E-state index in [1.807, 2.05) is 70.2 Å². The number of carbonyl (C=O) groups is 1. The van der Waals surface area contributed by atoms with Crippen molar-refractivity contribution in [1.82, 2.24) is 15.5 Å². The Labute approximate surface area is 158 Å². The number of benzene rings is 2. The molecule has 0 saturated heterocycles. The summed E-state index contributed by atoms with van der Waals surface area (Å²) in [5, 5.41) is 6.92. The first kappa shape index (κ1) is 18.6. The Kier molecular flexibility index (Phi) is 5.26. The van der Waals surface area contributed by atoms with Crippen molar-refractivity contribution in [2.75, 3.05) is 6.61 Å². The van der Waals surface area contributed by atoms with Gasteiger partial charge in [0.25, 0.3) is 11.8 Å². The summed E-state index contributed by atoms with van der Waals surface area (Å²) in [6, 6.07) is 15.2. The topological polar surface area (TPSA) is 77.2 Å². The standard InChI is InChI=1S/C21H23N3O3/c1-14-9-11-15(12-10-14)19-22-20(27-24-19)16-7-5-6-8-17(16)26-13-18(25)23-21(2,3)4/h5-12H,13H2,1-4H3,(H,23,25). The first-order chi connectivity index (χ1) is 12.8. The fourth-order valence-corrected chi connectivity index (χ4v) is 2.52. The van der Waals surface area contributed by atoms with Gasteiger partial charge in [0, 0.05) is 11.1 Å². The molecule has 0 unspecified atom stereocenters. The van der Waals surface area contributed by atoms with Gasteiger partial charge in [-0.2, -0.15) is 4.98 Å². The number of hydrogen-bond donors (Lipinski definition) is 1. The summed E-state index contributed by atoms with van der Waals surface area (Å²) in [7, 11) is 0. The highest BCUT2D eigenvalue weighted by Crippen LogP contribution is 2.30. The van der Waals surface area contributed by atoms with E-state index in [-0.39, 0.29) is 18.1 Å². The second kappa shape index (κ2) is 7.61. The van der Waals surface area contributed by atoms with Crippen molar-refractivity contribution in [3.05, 3.63) is 54.1 Å². The van der Waals surface area contributed by atoms with Crippen LogP contribution in [-0.2, 0) is 4.79 Å². The van der Waals surface area contributed by atoms with Gasteiger partial charge in [-0.05, 0) is 39.8 Å². The van der Waals surface area contributed by atoms with Crippen molar-refractivity contribution in [3.8, 4) is 28.6 Å². The van der Waals surface area contributed by atoms with Gasteiger partial charge < -0.3 is 14.6 Å². The smallest absolute Gasteiger partial charge is 0.262 e. The molecule has 0 aliphatic rings. The van der Waals surface area contributed by atoms with Gasteiger partial charge in [-0.25, -0.2) is 0 Å². The lowest BCUT2D eigenvalue weighted by Gasteiger charge is -2.20. The summed E-state index contributed by atoms with van der Waals surface area (Å²) in [6.45, 7) is 7.69. The quantitative estimate of drug-likeness (QED) is 0.739. The molecule has 0 fully saturated rings. The van der Waals surface area contributed by atoms with Gasteiger partial charge in [0.15, 0.2) is 6.61 Å². The highest BCUT2D eigenvalue weighted by molar-refractivity contribution is 5.78. The van der Waals surface area contributed by atoms with Crippen LogP contribution in [0.2, 0.25) is 0 Å². The zero-order chi connectivity index (χ0) is 19.4. The van der Waals surface area contributed by atoms with Crippen LogP contribution in [0.1, 0.15) is 26.3 Å². The molecular weight excluding hydrogens is 342 g/mol. The Bertz CT molecular complexity index is 924. The third-order valence-corrected chi connectivity index (χ3v) is 3.73. The van der Waals surface area contributed by atoms with E-state index in [0.29, 0.717) is 23.0 Å². The van der Waals surface area contributed by atoms with Crippen molar-refractivity contribution < 1.29 is 14.1 Å². The van der Waals surface area contributed by atoms with E-state index in [2.05, 4.69) is 15.5 Å². The minimum absolute atomic E-state index is 0.0900. The number of para-hydroxylation sites is 1. The summed E-state index contributed by atoms with van der Waals surface area (Å²) in [5.74, 6) is 1.17. The van der Waals surface area contributed by atoms with E-state index in [0.717, 1.165) is 11.1 Å². The van der Waals surface area contributed by atoms with Crippen molar-refractivity contribution in [1.29, 1.82) is 0 Å². The van der Waals surface area contributed by atoms with Crippen LogP contribution in [0.3, 0.4) is 0 Å². The highest BCUT2D eigenvalue weighted by Gasteiger charge is 2.17. The van der Waals surface area contributed by atoms with Gasteiger partial charge >= 0.3 is 0 Å². The Balaban J connectivity index is 1.78. The first-order valence-corrected chi connectivity index (χ1v) is 8.76. The van der Waals surface area contributed by atoms with Gasteiger partial charge in [-0.3, -0.25) is 4.79 Å². The monoisotopic (exact) mass is 365 g/mol. The lowest BCUT2D eigenvalue weighted by molar-refractivity contribution is -0.124. The molecule has 1 amide bonds. The van der Waals surface area contributed by atoms with E-state index in [1.54, 1.807) is 6.07 Å². The maximum Gasteiger partial charge on any atom is 0.262 e. The van der Waals surface area contributed by atoms with Crippen LogP contribution in [0, 0.1) is 6.92 Å². The molecular formula is C21H23N3O3. The largest absolute Gasteiger partial charge is 0.483 e. The van der Waals surface area contributed by atoms with Crippen molar-refractivity contribution in [2.45, 2.75) is 33.2 Å². The van der Waals surface area contributed by atoms with Crippen LogP contribution in [0.15, 0.2) is 53.1 Å². The van der Waals surface area contributed by atoms with Crippen LogP contribution in [0.5, 0.6) is 5.75 Å². The van der Waals surface area contributed by atoms with E-state index in [9.17, 15) is 4.79 Å². The van der Waals surface area contributed by atoms with E-state index in [1.165, 1.54) is 0 Å². The molecule has 6 nitrogen and oxygen atoms in total. The molecule has 3 rings (SSSR count). The van der Waals surface area contributed by atoms with Crippen molar-refractivity contribution in [2.24, 2.45) is 0 Å². The lowest BCUT2D eigenvalue weighted by atomic mass is 10.1. The molecule has 0 radical (unpaired) electrons. The molecule has 2 aromatic carbocycles. The molecule has 0 atom stereocenters. The normalized spacial score (nSPS) is 11.3. The number of aryl methyl sites for hydroxylation is 1. The third-order valence-electron chi connectivity index (χ3n) is 3.73. The molecule has 6 heteroatoms. The molecule has 0 saturated carbocycles. The molecule has 1 heterocycles. The number of nitrogens with zero attached hydrogens (tertiary/aromatic N) is 2. The molecule has 1 N–H and O–H groups in total. The number of nitrogens with one attached hydrogen (secondary N) is 1. The number of carbonyl (C=O) groups excluding carboxylic acids is 1. The van der Waals surface area contributed by atoms with Gasteiger partial charge in [0.2, 0.25) is 5.82 Å². The molecule has 0 spiro atoms. The summed E-state index contributed by atoms with van der Waals surface area (Å²) in [4.78, 5) is 16.5. The van der Waals surface area contributed by atoms with E-state index in [4.69, 9.17) is 9.26 Å². The predicted octanol–water partition coefficient (Wildman–Crippen LogP) is 4.01. The van der Waals surface area contributed by atoms with Crippen LogP contribution < -0.4 is 10.1 Å². The fourth-order valence-electron chi connectivity index (χ4n) is 2.52. The van der Waals surface area contributed by atoms with Gasteiger partial charge in [-0.15, -0.1) is 0 Å².